The van der Waals surface area contributed by atoms with E-state index in [0.29, 0.717) is 29.4 Å². The maximum absolute atomic E-state index is 15.0. The third-order valence-corrected chi connectivity index (χ3v) is 9.62. The molecule has 0 bridgehead atoms. The van der Waals surface area contributed by atoms with Gasteiger partial charge >= 0.3 is 12.1 Å². The molecule has 5 aromatic rings. The number of carbonyl (C=O) groups excluding carboxylic acids is 1. The number of carboxylic acids is 1. The highest BCUT2D eigenvalue weighted by Crippen LogP contribution is 2.36. The molecule has 0 unspecified atom stereocenters. The molecule has 52 heavy (non-hydrogen) atoms. The molecule has 0 aliphatic carbocycles. The minimum absolute atomic E-state index is 0.184. The van der Waals surface area contributed by atoms with Crippen LogP contribution in [0.2, 0.25) is 0 Å². The number of aromatic nitrogens is 1. The minimum Gasteiger partial charge on any atom is -0.495 e. The molecular weight excluding hydrogens is 730 g/mol. The zero-order chi connectivity index (χ0) is 38.1. The predicted molar refractivity (Wildman–Crippen MR) is 168 cm³/mol. The molecule has 1 amide bonds. The van der Waals surface area contributed by atoms with E-state index in [1.165, 1.54) is 0 Å². The van der Waals surface area contributed by atoms with Gasteiger partial charge in [0.15, 0.2) is 28.2 Å². The normalized spacial score (nSPS) is 12.0. The highest BCUT2D eigenvalue weighted by molar-refractivity contribution is 7.89. The largest absolute Gasteiger partial charge is 0.495 e. The summed E-state index contributed by atoms with van der Waals surface area (Å²) in [7, 11) is -4.93. The van der Waals surface area contributed by atoms with E-state index >= 15 is 0 Å². The van der Waals surface area contributed by atoms with Crippen molar-refractivity contribution >= 4 is 38.4 Å². The van der Waals surface area contributed by atoms with Crippen LogP contribution in [-0.4, -0.2) is 48.3 Å². The Morgan fingerprint density at radius 1 is 0.827 bits per heavy atom. The number of anilines is 1. The molecular formula is C34H23F8N3O6S. The fraction of sp³-hybridized carbons (Fsp3) is 0.147. The van der Waals surface area contributed by atoms with Gasteiger partial charge in [0.05, 0.1) is 37.0 Å². The summed E-state index contributed by atoms with van der Waals surface area (Å²) >= 11 is 0. The number of nitrogens with zero attached hydrogens (tertiary/aromatic N) is 3. The van der Waals surface area contributed by atoms with Gasteiger partial charge in [-0.1, -0.05) is 36.4 Å². The zero-order valence-corrected chi connectivity index (χ0v) is 27.2. The van der Waals surface area contributed by atoms with Crippen LogP contribution in [0.3, 0.4) is 0 Å². The van der Waals surface area contributed by atoms with Crippen LogP contribution >= 0.6 is 0 Å². The lowest BCUT2D eigenvalue weighted by atomic mass is 10.1. The van der Waals surface area contributed by atoms with E-state index in [2.05, 4.69) is 4.98 Å². The molecule has 0 saturated carbocycles. The summed E-state index contributed by atoms with van der Waals surface area (Å²) in [6.07, 6.45) is -3.89. The van der Waals surface area contributed by atoms with Gasteiger partial charge in [-0.3, -0.25) is 9.78 Å². The molecule has 0 atom stereocenters. The third-order valence-electron chi connectivity index (χ3n) is 7.81. The van der Waals surface area contributed by atoms with Crippen LogP contribution in [0.1, 0.15) is 27.0 Å². The molecule has 0 saturated heterocycles. The number of alkyl halides is 3. The van der Waals surface area contributed by atoms with Crippen LogP contribution in [0.5, 0.6) is 5.75 Å². The number of benzene rings is 4. The number of rotatable bonds is 11. The molecule has 1 heterocycles. The first kappa shape index (κ1) is 37.6. The Labute approximate surface area is 289 Å². The number of carboxylic acid groups (broad SMARTS) is 1. The number of amides is 1. The highest BCUT2D eigenvalue weighted by atomic mass is 32.2. The first-order valence-corrected chi connectivity index (χ1v) is 16.1. The van der Waals surface area contributed by atoms with Crippen LogP contribution < -0.4 is 9.64 Å². The molecule has 0 aliphatic rings. The zero-order valence-electron chi connectivity index (χ0n) is 26.4. The van der Waals surface area contributed by atoms with E-state index in [9.17, 15) is 58.2 Å². The number of fused-ring (bicyclic) bond motifs is 1. The van der Waals surface area contributed by atoms with Crippen LogP contribution in [0, 0.1) is 29.1 Å². The number of aromatic carboxylic acids is 1. The number of ether oxygens (including phenoxy) is 1. The molecule has 272 valence electrons. The second-order valence-corrected chi connectivity index (χ2v) is 12.9. The van der Waals surface area contributed by atoms with Crippen molar-refractivity contribution in [2.24, 2.45) is 0 Å². The van der Waals surface area contributed by atoms with Gasteiger partial charge < -0.3 is 14.7 Å². The van der Waals surface area contributed by atoms with Gasteiger partial charge in [0.25, 0.3) is 0 Å². The summed E-state index contributed by atoms with van der Waals surface area (Å²) in [5, 5.41) is 11.0. The lowest BCUT2D eigenvalue weighted by Gasteiger charge is -2.29. The molecule has 0 radical (unpaired) electrons. The Kier molecular flexibility index (Phi) is 10.5. The Bertz CT molecular complexity index is 2290. The smallest absolute Gasteiger partial charge is 0.416 e. The van der Waals surface area contributed by atoms with Gasteiger partial charge in [-0.15, -0.1) is 0 Å². The first-order valence-electron chi connectivity index (χ1n) is 14.7. The quantitative estimate of drug-likeness (QED) is 0.0871. The van der Waals surface area contributed by atoms with Crippen molar-refractivity contribution in [2.45, 2.75) is 24.2 Å². The van der Waals surface area contributed by atoms with Crippen molar-refractivity contribution in [3.05, 3.63) is 130 Å². The molecule has 18 heteroatoms. The fourth-order valence-electron chi connectivity index (χ4n) is 5.28. The number of sulfonamides is 1. The highest BCUT2D eigenvalue weighted by Gasteiger charge is 2.41. The van der Waals surface area contributed by atoms with Crippen molar-refractivity contribution in [2.75, 3.05) is 18.6 Å². The van der Waals surface area contributed by atoms with Crippen LogP contribution in [0.15, 0.2) is 84.0 Å². The molecule has 1 N–H and O–H groups in total. The summed E-state index contributed by atoms with van der Waals surface area (Å²) in [4.78, 5) is 27.8. The van der Waals surface area contributed by atoms with Crippen LogP contribution in [-0.2, 0) is 34.1 Å². The Balaban J connectivity index is 1.68. The molecule has 0 spiro atoms. The minimum atomic E-state index is -6.05. The molecule has 0 aliphatic heterocycles. The van der Waals surface area contributed by atoms with E-state index in [1.807, 2.05) is 0 Å². The first-order chi connectivity index (χ1) is 24.4. The standard InChI is InChI=1S/C34H23F8N3O6S/c1-51-25-13-21(33(47)48)8-9-24(25)45(15-18-6-7-19-4-2-3-5-20(19)12-18)26(46)17-44(16-22-14-43-11-10-23(22)34(40,41)42)52(49,50)32-30(38)28(36)27(35)29(37)31(32)39/h2-14H,15-17H2,1H3,(H,47,48). The van der Waals surface area contributed by atoms with Gasteiger partial charge in [0.2, 0.25) is 21.7 Å². The van der Waals surface area contributed by atoms with Crippen molar-refractivity contribution < 1.29 is 63.0 Å². The van der Waals surface area contributed by atoms with E-state index in [1.54, 1.807) is 42.5 Å². The number of hydrogen-bond donors (Lipinski definition) is 1. The number of hydrogen-bond acceptors (Lipinski definition) is 6. The Morgan fingerprint density at radius 2 is 1.46 bits per heavy atom. The Morgan fingerprint density at radius 3 is 2.08 bits per heavy atom. The predicted octanol–water partition coefficient (Wildman–Crippen LogP) is 7.08. The van der Waals surface area contributed by atoms with Crippen LogP contribution in [0.4, 0.5) is 40.8 Å². The van der Waals surface area contributed by atoms with E-state index < -0.39 is 92.8 Å². The Hall–Kier alpha value is -5.62. The van der Waals surface area contributed by atoms with Crippen molar-refractivity contribution in [3.8, 4) is 5.75 Å². The number of pyridine rings is 1. The second kappa shape index (κ2) is 14.5. The summed E-state index contributed by atoms with van der Waals surface area (Å²) in [5.74, 6) is -16.6. The number of halogens is 8. The fourth-order valence-corrected chi connectivity index (χ4v) is 6.76. The van der Waals surface area contributed by atoms with Crippen molar-refractivity contribution in [1.82, 2.24) is 9.29 Å². The summed E-state index contributed by atoms with van der Waals surface area (Å²) < 4.78 is 147. The SMILES string of the molecule is COc1cc(C(=O)O)ccc1N(Cc1ccc2ccccc2c1)C(=O)CN(Cc1cnccc1C(F)(F)F)S(=O)(=O)c1c(F)c(F)c(F)c(F)c1F. The van der Waals surface area contributed by atoms with Gasteiger partial charge in [-0.25, -0.2) is 35.2 Å². The van der Waals surface area contributed by atoms with Gasteiger partial charge in [-0.2, -0.15) is 17.5 Å². The van der Waals surface area contributed by atoms with Gasteiger partial charge in [-0.05, 0) is 52.2 Å². The summed E-state index contributed by atoms with van der Waals surface area (Å²) in [5.41, 5.74) is -2.52. The maximum atomic E-state index is 15.0. The lowest BCUT2D eigenvalue weighted by Crippen LogP contribution is -2.43. The van der Waals surface area contributed by atoms with E-state index in [4.69, 9.17) is 4.74 Å². The second-order valence-electron chi connectivity index (χ2n) is 11.1. The van der Waals surface area contributed by atoms with Crippen LogP contribution in [0.25, 0.3) is 10.8 Å². The molecule has 9 nitrogen and oxygen atoms in total. The van der Waals surface area contributed by atoms with Crippen molar-refractivity contribution in [1.29, 1.82) is 0 Å². The maximum Gasteiger partial charge on any atom is 0.416 e. The van der Waals surface area contributed by atoms with Crippen molar-refractivity contribution in [3.63, 3.8) is 0 Å². The number of carbonyl (C=O) groups is 2. The number of methoxy groups -OCH3 is 1. The third kappa shape index (κ3) is 7.38. The average Bonchev–Trinajstić information content (AvgIpc) is 3.11. The van der Waals surface area contributed by atoms with E-state index in [0.717, 1.165) is 35.6 Å². The molecule has 5 rings (SSSR count). The monoisotopic (exact) mass is 753 g/mol. The topological polar surface area (TPSA) is 117 Å². The molecule has 1 aromatic heterocycles. The average molecular weight is 754 g/mol. The van der Waals surface area contributed by atoms with Gasteiger partial charge in [0.1, 0.15) is 5.75 Å². The summed E-state index contributed by atoms with van der Waals surface area (Å²) in [6.45, 7) is -3.47. The lowest BCUT2D eigenvalue weighted by molar-refractivity contribution is -0.138. The summed E-state index contributed by atoms with van der Waals surface area (Å²) in [6, 6.07) is 15.5. The molecule has 0 fully saturated rings. The molecule has 4 aromatic carbocycles. The van der Waals surface area contributed by atoms with E-state index in [-0.39, 0.29) is 21.3 Å². The van der Waals surface area contributed by atoms with Gasteiger partial charge in [0, 0.05) is 18.9 Å².